The maximum Gasteiger partial charge on any atom is 0.327 e. The zero-order valence-corrected chi connectivity index (χ0v) is 24.9. The van der Waals surface area contributed by atoms with Gasteiger partial charge in [0, 0.05) is 16.5 Å². The first-order valence-corrected chi connectivity index (χ1v) is 14.1. The summed E-state index contributed by atoms with van der Waals surface area (Å²) in [6.45, 7) is -0.223. The predicted octanol–water partition coefficient (Wildman–Crippen LogP) is 3.45. The molecule has 1 heterocycles. The highest BCUT2D eigenvalue weighted by atomic mass is 79.9. The molecule has 0 spiro atoms. The van der Waals surface area contributed by atoms with Gasteiger partial charge in [-0.25, -0.2) is 4.68 Å². The Morgan fingerprint density at radius 2 is 1.74 bits per heavy atom. The first kappa shape index (κ1) is 31.1. The molecule has 0 aliphatic carbocycles. The van der Waals surface area contributed by atoms with Crippen LogP contribution in [0, 0.1) is 11.3 Å². The van der Waals surface area contributed by atoms with Gasteiger partial charge in [0.05, 0.1) is 32.6 Å². The van der Waals surface area contributed by atoms with E-state index in [2.05, 4.69) is 41.6 Å². The number of nitrogens with zero attached hydrogens (tertiary/aromatic N) is 4. The summed E-state index contributed by atoms with van der Waals surface area (Å²) in [5, 5.41) is 22.9. The average molecular weight is 646 g/mol. The van der Waals surface area contributed by atoms with E-state index in [0.29, 0.717) is 11.3 Å². The van der Waals surface area contributed by atoms with Crippen molar-refractivity contribution in [1.82, 2.24) is 25.6 Å². The number of halogens is 1. The minimum Gasteiger partial charge on any atom is -0.468 e. The molecule has 4 aromatic rings. The lowest BCUT2D eigenvalue weighted by atomic mass is 10.0. The van der Waals surface area contributed by atoms with Crippen molar-refractivity contribution in [3.63, 3.8) is 0 Å². The highest BCUT2D eigenvalue weighted by Crippen LogP contribution is 2.19. The second-order valence-electron chi connectivity index (χ2n) is 9.49. The summed E-state index contributed by atoms with van der Waals surface area (Å²) in [5.41, 5.74) is 3.63. The number of hydrogen-bond donors (Lipinski definition) is 2. The number of hydrogen-bond acceptors (Lipinski definition) is 8. The summed E-state index contributed by atoms with van der Waals surface area (Å²) >= 11 is 3.44. The molecule has 0 aliphatic heterocycles. The van der Waals surface area contributed by atoms with Crippen LogP contribution in [0.15, 0.2) is 89.5 Å². The lowest BCUT2D eigenvalue weighted by Gasteiger charge is -2.21. The summed E-state index contributed by atoms with van der Waals surface area (Å²) in [6, 6.07) is 24.4. The quantitative estimate of drug-likeness (QED) is 0.210. The molecule has 0 bridgehead atoms. The SMILES string of the molecule is COC(=O)Cn1cc(COC[C@@H](C#N)NC(=O)[C@H](Cc2cccc(Br)c2)NC(=O)c2ccc(-c3ccccc3)cc2)nn1. The topological polar surface area (TPSA) is 148 Å². The Morgan fingerprint density at radius 3 is 2.44 bits per heavy atom. The first-order chi connectivity index (χ1) is 20.8. The number of nitrogens with one attached hydrogen (secondary N) is 2. The van der Waals surface area contributed by atoms with Crippen molar-refractivity contribution in [3.8, 4) is 17.2 Å². The lowest BCUT2D eigenvalue weighted by Crippen LogP contribution is -2.51. The lowest BCUT2D eigenvalue weighted by molar-refractivity contribution is -0.141. The molecule has 11 nitrogen and oxygen atoms in total. The number of esters is 1. The third-order valence-electron chi connectivity index (χ3n) is 6.32. The zero-order chi connectivity index (χ0) is 30.6. The third-order valence-corrected chi connectivity index (χ3v) is 6.81. The van der Waals surface area contributed by atoms with Crippen LogP contribution < -0.4 is 10.6 Å². The normalized spacial score (nSPS) is 12.0. The smallest absolute Gasteiger partial charge is 0.327 e. The van der Waals surface area contributed by atoms with Crippen LogP contribution in [0.25, 0.3) is 11.1 Å². The minimum absolute atomic E-state index is 0.00636. The van der Waals surface area contributed by atoms with Crippen LogP contribution in [0.4, 0.5) is 0 Å². The molecule has 12 heteroatoms. The molecule has 4 rings (SSSR count). The van der Waals surface area contributed by atoms with Crippen molar-refractivity contribution in [2.24, 2.45) is 0 Å². The second-order valence-corrected chi connectivity index (χ2v) is 10.4. The molecule has 0 unspecified atom stereocenters. The van der Waals surface area contributed by atoms with E-state index in [1.54, 1.807) is 12.1 Å². The van der Waals surface area contributed by atoms with Gasteiger partial charge in [0.1, 0.15) is 24.3 Å². The van der Waals surface area contributed by atoms with Crippen LogP contribution in [-0.4, -0.2) is 58.6 Å². The van der Waals surface area contributed by atoms with Crippen molar-refractivity contribution in [2.45, 2.75) is 31.7 Å². The van der Waals surface area contributed by atoms with Gasteiger partial charge in [-0.3, -0.25) is 14.4 Å². The Kier molecular flexibility index (Phi) is 11.1. The molecule has 1 aromatic heterocycles. The first-order valence-electron chi connectivity index (χ1n) is 13.3. The monoisotopic (exact) mass is 644 g/mol. The minimum atomic E-state index is -0.996. The molecule has 0 saturated heterocycles. The molecular formula is C31H29BrN6O5. The molecule has 3 aromatic carbocycles. The van der Waals surface area contributed by atoms with Gasteiger partial charge in [-0.2, -0.15) is 5.26 Å². The van der Waals surface area contributed by atoms with Gasteiger partial charge < -0.3 is 20.1 Å². The fourth-order valence-electron chi connectivity index (χ4n) is 4.14. The Balaban J connectivity index is 1.39. The summed E-state index contributed by atoms with van der Waals surface area (Å²) in [7, 11) is 1.28. The van der Waals surface area contributed by atoms with Crippen LogP contribution >= 0.6 is 15.9 Å². The Bertz CT molecular complexity index is 1590. The van der Waals surface area contributed by atoms with E-state index < -0.39 is 29.9 Å². The summed E-state index contributed by atoms with van der Waals surface area (Å²) in [6.07, 6.45) is 1.72. The van der Waals surface area contributed by atoms with Crippen molar-refractivity contribution in [3.05, 3.63) is 106 Å². The number of aromatic nitrogens is 3. The van der Waals surface area contributed by atoms with E-state index in [1.807, 2.05) is 72.8 Å². The number of carbonyl (C=O) groups is 3. The summed E-state index contributed by atoms with van der Waals surface area (Å²) in [4.78, 5) is 38.0. The molecule has 2 amide bonds. The molecule has 0 aliphatic rings. The van der Waals surface area contributed by atoms with Gasteiger partial charge in [-0.05, 0) is 41.0 Å². The van der Waals surface area contributed by atoms with Gasteiger partial charge >= 0.3 is 5.97 Å². The summed E-state index contributed by atoms with van der Waals surface area (Å²) in [5.74, 6) is -1.43. The number of benzene rings is 3. The van der Waals surface area contributed by atoms with E-state index >= 15 is 0 Å². The predicted molar refractivity (Wildman–Crippen MR) is 160 cm³/mol. The Hall–Kier alpha value is -4.86. The van der Waals surface area contributed by atoms with Crippen molar-refractivity contribution in [2.75, 3.05) is 13.7 Å². The van der Waals surface area contributed by atoms with Crippen LogP contribution in [0.2, 0.25) is 0 Å². The van der Waals surface area contributed by atoms with Crippen LogP contribution in [0.5, 0.6) is 0 Å². The molecule has 43 heavy (non-hydrogen) atoms. The molecule has 0 radical (unpaired) electrons. The maximum absolute atomic E-state index is 13.4. The van der Waals surface area contributed by atoms with Gasteiger partial charge in [0.2, 0.25) is 5.91 Å². The van der Waals surface area contributed by atoms with Crippen LogP contribution in [0.1, 0.15) is 21.6 Å². The number of carbonyl (C=O) groups excluding carboxylic acids is 3. The number of nitriles is 1. The van der Waals surface area contributed by atoms with Crippen molar-refractivity contribution in [1.29, 1.82) is 5.26 Å². The largest absolute Gasteiger partial charge is 0.468 e. The third kappa shape index (κ3) is 9.32. The zero-order valence-electron chi connectivity index (χ0n) is 23.3. The second kappa shape index (κ2) is 15.4. The van der Waals surface area contributed by atoms with E-state index in [0.717, 1.165) is 21.2 Å². The standard InChI is InChI=1S/C31H29BrN6O5/c1-42-29(39)18-38-17-27(36-37-38)20-43-19-26(16-33)34-31(41)28(15-21-6-5-9-25(32)14-21)35-30(40)24-12-10-23(11-13-24)22-7-3-2-4-8-22/h2-14,17,26,28H,15,18-20H2,1H3,(H,34,41)(H,35,40)/t26-,28+/m1/s1. The molecule has 0 saturated carbocycles. The molecule has 2 N–H and O–H groups in total. The number of methoxy groups -OCH3 is 1. The number of amides is 2. The summed E-state index contributed by atoms with van der Waals surface area (Å²) < 4.78 is 12.3. The Labute approximate surface area is 256 Å². The van der Waals surface area contributed by atoms with Crippen molar-refractivity contribution < 1.29 is 23.9 Å². The molecule has 0 fully saturated rings. The van der Waals surface area contributed by atoms with E-state index in [9.17, 15) is 19.6 Å². The van der Waals surface area contributed by atoms with E-state index in [4.69, 9.17) is 4.74 Å². The van der Waals surface area contributed by atoms with Gasteiger partial charge in [0.25, 0.3) is 5.91 Å². The number of rotatable bonds is 13. The fraction of sp³-hybridized carbons (Fsp3) is 0.226. The average Bonchev–Trinajstić information content (AvgIpc) is 3.47. The van der Waals surface area contributed by atoms with Crippen LogP contribution in [0.3, 0.4) is 0 Å². The highest BCUT2D eigenvalue weighted by Gasteiger charge is 2.25. The van der Waals surface area contributed by atoms with E-state index in [1.165, 1.54) is 18.0 Å². The van der Waals surface area contributed by atoms with Gasteiger partial charge in [-0.15, -0.1) is 5.10 Å². The van der Waals surface area contributed by atoms with Crippen molar-refractivity contribution >= 4 is 33.7 Å². The maximum atomic E-state index is 13.4. The van der Waals surface area contributed by atoms with Gasteiger partial charge in [0.15, 0.2) is 0 Å². The van der Waals surface area contributed by atoms with Crippen LogP contribution in [-0.2, 0) is 38.6 Å². The molecular weight excluding hydrogens is 616 g/mol. The molecule has 220 valence electrons. The fourth-order valence-corrected chi connectivity index (χ4v) is 4.59. The Morgan fingerprint density at radius 1 is 1.00 bits per heavy atom. The number of ether oxygens (including phenoxy) is 2. The van der Waals surface area contributed by atoms with Gasteiger partial charge in [-0.1, -0.05) is 75.7 Å². The van der Waals surface area contributed by atoms with E-state index in [-0.39, 0.29) is 26.2 Å². The molecule has 2 atom stereocenters. The highest BCUT2D eigenvalue weighted by molar-refractivity contribution is 9.10.